The van der Waals surface area contributed by atoms with E-state index in [9.17, 15) is 9.90 Å². The van der Waals surface area contributed by atoms with Crippen LogP contribution in [0.25, 0.3) is 0 Å². The largest absolute Gasteiger partial charge is 0.508 e. The molecule has 122 valence electrons. The number of benzene rings is 1. The van der Waals surface area contributed by atoms with Crippen LogP contribution >= 0.6 is 11.3 Å². The lowest BCUT2D eigenvalue weighted by Gasteiger charge is -2.13. The fourth-order valence-electron chi connectivity index (χ4n) is 2.26. The van der Waals surface area contributed by atoms with Crippen LogP contribution in [0.5, 0.6) is 5.75 Å². The van der Waals surface area contributed by atoms with Crippen molar-refractivity contribution in [3.63, 3.8) is 0 Å². The molecule has 0 aliphatic heterocycles. The van der Waals surface area contributed by atoms with Gasteiger partial charge in [-0.2, -0.15) is 0 Å². The molecular weight excluding hydrogens is 312 g/mol. The van der Waals surface area contributed by atoms with Crippen LogP contribution in [0.15, 0.2) is 24.3 Å². The zero-order valence-corrected chi connectivity index (χ0v) is 13.8. The maximum atomic E-state index is 12.0. The number of nitrogens with one attached hydrogen (secondary N) is 2. The quantitative estimate of drug-likeness (QED) is 0.758. The van der Waals surface area contributed by atoms with E-state index in [2.05, 4.69) is 20.8 Å². The zero-order valence-electron chi connectivity index (χ0n) is 13.0. The Morgan fingerprint density at radius 2 is 2.09 bits per heavy atom. The second-order valence-corrected chi connectivity index (χ2v) is 6.93. The first-order valence-electron chi connectivity index (χ1n) is 7.79. The number of anilines is 1. The Balaban J connectivity index is 1.42. The number of carbonyl (C=O) groups excluding carboxylic acids is 1. The summed E-state index contributed by atoms with van der Waals surface area (Å²) in [5.41, 5.74) is 1.13. The van der Waals surface area contributed by atoms with Crippen molar-refractivity contribution in [3.05, 3.63) is 34.8 Å². The van der Waals surface area contributed by atoms with Gasteiger partial charge in [-0.3, -0.25) is 5.32 Å². The lowest BCUT2D eigenvalue weighted by Crippen LogP contribution is -2.36. The van der Waals surface area contributed by atoms with Crippen molar-refractivity contribution in [1.82, 2.24) is 15.5 Å². The highest BCUT2D eigenvalue weighted by Crippen LogP contribution is 2.41. The van der Waals surface area contributed by atoms with E-state index in [0.29, 0.717) is 11.0 Å². The highest BCUT2D eigenvalue weighted by atomic mass is 32.1. The van der Waals surface area contributed by atoms with Crippen LogP contribution in [-0.4, -0.2) is 27.4 Å². The van der Waals surface area contributed by atoms with Gasteiger partial charge in [0.2, 0.25) is 5.13 Å². The average molecular weight is 332 g/mol. The Labute approximate surface area is 139 Å². The Morgan fingerprint density at radius 3 is 2.78 bits per heavy atom. The molecule has 1 aliphatic rings. The summed E-state index contributed by atoms with van der Waals surface area (Å²) in [4.78, 5) is 12.0. The molecule has 1 aliphatic carbocycles. The molecule has 1 heterocycles. The molecule has 2 aromatic rings. The fourth-order valence-corrected chi connectivity index (χ4v) is 3.16. The van der Waals surface area contributed by atoms with Gasteiger partial charge < -0.3 is 10.4 Å². The molecule has 1 aromatic heterocycles. The lowest BCUT2D eigenvalue weighted by molar-refractivity contribution is 0.248. The van der Waals surface area contributed by atoms with E-state index >= 15 is 0 Å². The minimum Gasteiger partial charge on any atom is -0.508 e. The summed E-state index contributed by atoms with van der Waals surface area (Å²) in [6.45, 7) is 1.97. The maximum absolute atomic E-state index is 12.0. The van der Waals surface area contributed by atoms with Crippen LogP contribution in [0.2, 0.25) is 0 Å². The summed E-state index contributed by atoms with van der Waals surface area (Å²) >= 11 is 1.45. The summed E-state index contributed by atoms with van der Waals surface area (Å²) in [5.74, 6) is 0.817. The molecule has 0 spiro atoms. The lowest BCUT2D eigenvalue weighted by atomic mass is 10.1. The van der Waals surface area contributed by atoms with Gasteiger partial charge in [-0.15, -0.1) is 10.2 Å². The Hall–Kier alpha value is -2.15. The summed E-state index contributed by atoms with van der Waals surface area (Å²) in [6, 6.07) is 6.92. The highest BCUT2D eigenvalue weighted by molar-refractivity contribution is 7.15. The molecule has 3 N–H and O–H groups in total. The number of phenols is 1. The summed E-state index contributed by atoms with van der Waals surface area (Å²) in [7, 11) is 0. The molecule has 1 atom stereocenters. The number of carbonyl (C=O) groups is 1. The van der Waals surface area contributed by atoms with Crippen molar-refractivity contribution >= 4 is 22.5 Å². The van der Waals surface area contributed by atoms with E-state index < -0.39 is 0 Å². The molecule has 0 saturated heterocycles. The Kier molecular flexibility index (Phi) is 4.76. The van der Waals surface area contributed by atoms with E-state index in [4.69, 9.17) is 0 Å². The normalized spacial score (nSPS) is 15.2. The molecule has 1 unspecified atom stereocenters. The Morgan fingerprint density at radius 1 is 1.35 bits per heavy atom. The minimum atomic E-state index is -0.248. The molecule has 1 fully saturated rings. The Bertz CT molecular complexity index is 667. The number of aryl methyl sites for hydroxylation is 1. The van der Waals surface area contributed by atoms with Crippen LogP contribution in [0.1, 0.15) is 42.7 Å². The average Bonchev–Trinajstić information content (AvgIpc) is 3.27. The van der Waals surface area contributed by atoms with Crippen LogP contribution < -0.4 is 10.6 Å². The molecule has 0 bridgehead atoms. The molecule has 6 nitrogen and oxygen atoms in total. The SMILES string of the molecule is CC(CCc1ccc(O)cc1)NC(=O)Nc1nnc(C2CC2)s1. The van der Waals surface area contributed by atoms with Crippen LogP contribution in [0, 0.1) is 0 Å². The number of phenolic OH excluding ortho intramolecular Hbond substituents is 1. The fraction of sp³-hybridized carbons (Fsp3) is 0.438. The van der Waals surface area contributed by atoms with Gasteiger partial charge >= 0.3 is 6.03 Å². The second kappa shape index (κ2) is 6.95. The number of hydrogen-bond donors (Lipinski definition) is 3. The monoisotopic (exact) mass is 332 g/mol. The van der Waals surface area contributed by atoms with Crippen molar-refractivity contribution in [2.45, 2.75) is 44.6 Å². The molecule has 3 rings (SSSR count). The van der Waals surface area contributed by atoms with Crippen molar-refractivity contribution in [1.29, 1.82) is 0 Å². The zero-order chi connectivity index (χ0) is 16.2. The standard InChI is InChI=1S/C16H20N4O2S/c1-10(2-3-11-4-8-13(21)9-5-11)17-15(22)18-16-20-19-14(23-16)12-6-7-12/h4-5,8-10,12,21H,2-3,6-7H2,1H3,(H2,17,18,20,22). The number of aromatic hydroxyl groups is 1. The van der Waals surface area contributed by atoms with E-state index in [-0.39, 0.29) is 17.8 Å². The first-order valence-corrected chi connectivity index (χ1v) is 8.60. The van der Waals surface area contributed by atoms with Crippen molar-refractivity contribution in [2.75, 3.05) is 5.32 Å². The molecular formula is C16H20N4O2S. The number of aromatic nitrogens is 2. The van der Waals surface area contributed by atoms with Crippen LogP contribution in [0.3, 0.4) is 0 Å². The van der Waals surface area contributed by atoms with E-state index in [1.807, 2.05) is 19.1 Å². The second-order valence-electron chi connectivity index (χ2n) is 5.92. The van der Waals surface area contributed by atoms with E-state index in [0.717, 1.165) is 23.4 Å². The maximum Gasteiger partial charge on any atom is 0.321 e. The third-order valence-corrected chi connectivity index (χ3v) is 4.77. The third kappa shape index (κ3) is 4.66. The first-order chi connectivity index (χ1) is 11.1. The van der Waals surface area contributed by atoms with E-state index in [1.54, 1.807) is 12.1 Å². The number of urea groups is 1. The minimum absolute atomic E-state index is 0.0413. The predicted octanol–water partition coefficient (Wildman–Crippen LogP) is 3.26. The highest BCUT2D eigenvalue weighted by Gasteiger charge is 2.27. The van der Waals surface area contributed by atoms with Crippen molar-refractivity contribution in [2.24, 2.45) is 0 Å². The molecule has 2 amide bonds. The number of rotatable bonds is 6. The van der Waals surface area contributed by atoms with Gasteiger partial charge in [0.1, 0.15) is 10.8 Å². The van der Waals surface area contributed by atoms with Crippen molar-refractivity contribution in [3.8, 4) is 5.75 Å². The smallest absolute Gasteiger partial charge is 0.321 e. The molecule has 0 radical (unpaired) electrons. The van der Waals surface area contributed by atoms with Gasteiger partial charge in [0.05, 0.1) is 0 Å². The van der Waals surface area contributed by atoms with E-state index in [1.165, 1.54) is 24.2 Å². The number of hydrogen-bond acceptors (Lipinski definition) is 5. The van der Waals surface area contributed by atoms with Gasteiger partial charge in [-0.25, -0.2) is 4.79 Å². The van der Waals surface area contributed by atoms with Crippen molar-refractivity contribution < 1.29 is 9.90 Å². The van der Waals surface area contributed by atoms with Gasteiger partial charge in [-0.1, -0.05) is 23.5 Å². The van der Waals surface area contributed by atoms with Gasteiger partial charge in [0.25, 0.3) is 0 Å². The summed E-state index contributed by atoms with van der Waals surface area (Å²) in [6.07, 6.45) is 4.01. The summed E-state index contributed by atoms with van der Waals surface area (Å²) in [5, 5.41) is 24.6. The molecule has 7 heteroatoms. The number of amides is 2. The van der Waals surface area contributed by atoms with Crippen LogP contribution in [0.4, 0.5) is 9.93 Å². The predicted molar refractivity (Wildman–Crippen MR) is 89.9 cm³/mol. The van der Waals surface area contributed by atoms with Gasteiger partial charge in [0.15, 0.2) is 0 Å². The van der Waals surface area contributed by atoms with Gasteiger partial charge in [-0.05, 0) is 50.3 Å². The topological polar surface area (TPSA) is 87.1 Å². The molecule has 1 aromatic carbocycles. The molecule has 1 saturated carbocycles. The first kappa shape index (κ1) is 15.7. The molecule has 23 heavy (non-hydrogen) atoms. The summed E-state index contributed by atoms with van der Waals surface area (Å²) < 4.78 is 0. The van der Waals surface area contributed by atoms with Gasteiger partial charge in [0, 0.05) is 12.0 Å². The number of nitrogens with zero attached hydrogens (tertiary/aromatic N) is 2. The van der Waals surface area contributed by atoms with Crippen LogP contribution in [-0.2, 0) is 6.42 Å². The third-order valence-electron chi connectivity index (χ3n) is 3.77.